The zero-order chi connectivity index (χ0) is 11.3. The Hall–Kier alpha value is -1.38. The maximum atomic E-state index is 13.4. The van der Waals surface area contributed by atoms with Gasteiger partial charge in [-0.15, -0.1) is 0 Å². The van der Waals surface area contributed by atoms with Crippen molar-refractivity contribution in [3.05, 3.63) is 35.6 Å². The zero-order valence-electron chi connectivity index (χ0n) is 9.09. The third-order valence-corrected chi connectivity index (χ3v) is 2.25. The van der Waals surface area contributed by atoms with Crippen molar-refractivity contribution in [3.8, 4) is 0 Å². The van der Waals surface area contributed by atoms with Crippen molar-refractivity contribution < 1.29 is 9.13 Å². The molecule has 1 atom stereocenters. The van der Waals surface area contributed by atoms with Gasteiger partial charge in [0, 0.05) is 6.42 Å². The molecule has 0 spiro atoms. The van der Waals surface area contributed by atoms with Crippen LogP contribution in [0.5, 0.6) is 0 Å². The molecule has 1 aromatic carbocycles. The lowest BCUT2D eigenvalue weighted by Gasteiger charge is -2.13. The number of ether oxygens (including phenoxy) is 1. The Balaban J connectivity index is 2.65. The van der Waals surface area contributed by atoms with E-state index in [-0.39, 0.29) is 17.6 Å². The number of rotatable bonds is 4. The summed E-state index contributed by atoms with van der Waals surface area (Å²) in [5, 5.41) is 7.49. The van der Waals surface area contributed by atoms with E-state index in [4.69, 9.17) is 10.1 Å². The van der Waals surface area contributed by atoms with Crippen LogP contribution in [0.15, 0.2) is 24.3 Å². The molecule has 1 N–H and O–H groups in total. The van der Waals surface area contributed by atoms with Crippen molar-refractivity contribution in [2.24, 2.45) is 0 Å². The van der Waals surface area contributed by atoms with Crippen molar-refractivity contribution in [2.45, 2.75) is 26.2 Å². The molecule has 0 aliphatic heterocycles. The number of nitrogens with one attached hydrogen (secondary N) is 1. The molecular formula is C12H16FNO. The molecule has 0 heterocycles. The summed E-state index contributed by atoms with van der Waals surface area (Å²) in [6.45, 7) is 4.22. The minimum atomic E-state index is -0.214. The second kappa shape index (κ2) is 5.49. The van der Waals surface area contributed by atoms with Crippen LogP contribution in [0.25, 0.3) is 0 Å². The maximum absolute atomic E-state index is 13.4. The van der Waals surface area contributed by atoms with Crippen molar-refractivity contribution >= 4 is 5.90 Å². The maximum Gasteiger partial charge on any atom is 0.180 e. The Morgan fingerprint density at radius 2 is 2.13 bits per heavy atom. The predicted molar refractivity (Wildman–Crippen MR) is 58.8 cm³/mol. The number of hydrogen-bond acceptors (Lipinski definition) is 2. The van der Waals surface area contributed by atoms with Gasteiger partial charge >= 0.3 is 0 Å². The lowest BCUT2D eigenvalue weighted by atomic mass is 9.97. The molecule has 1 rings (SSSR count). The van der Waals surface area contributed by atoms with Crippen LogP contribution in [-0.2, 0) is 4.74 Å². The minimum absolute atomic E-state index is 0.0229. The highest BCUT2D eigenvalue weighted by atomic mass is 19.1. The van der Waals surface area contributed by atoms with Gasteiger partial charge in [0.1, 0.15) is 5.82 Å². The van der Waals surface area contributed by atoms with Gasteiger partial charge in [-0.05, 0) is 24.5 Å². The molecule has 2 nitrogen and oxygen atoms in total. The first-order valence-electron chi connectivity index (χ1n) is 5.09. The van der Waals surface area contributed by atoms with E-state index in [0.717, 1.165) is 0 Å². The van der Waals surface area contributed by atoms with E-state index < -0.39 is 0 Å². The minimum Gasteiger partial charge on any atom is -0.481 e. The van der Waals surface area contributed by atoms with Gasteiger partial charge in [0.15, 0.2) is 5.90 Å². The zero-order valence-corrected chi connectivity index (χ0v) is 9.09. The van der Waals surface area contributed by atoms with E-state index in [1.54, 1.807) is 18.2 Å². The molecule has 0 fully saturated rings. The number of benzene rings is 1. The van der Waals surface area contributed by atoms with E-state index in [0.29, 0.717) is 18.6 Å². The first kappa shape index (κ1) is 11.7. The Morgan fingerprint density at radius 3 is 2.73 bits per heavy atom. The molecule has 0 aromatic heterocycles. The summed E-state index contributed by atoms with van der Waals surface area (Å²) in [5.41, 5.74) is 0.641. The van der Waals surface area contributed by atoms with Gasteiger partial charge in [-0.25, -0.2) is 4.39 Å². The third-order valence-electron chi connectivity index (χ3n) is 2.25. The number of halogens is 1. The molecule has 82 valence electrons. The summed E-state index contributed by atoms with van der Waals surface area (Å²) in [6.07, 6.45) is 0.439. The van der Waals surface area contributed by atoms with Gasteiger partial charge < -0.3 is 4.74 Å². The summed E-state index contributed by atoms with van der Waals surface area (Å²) in [4.78, 5) is 0. The molecule has 1 aromatic rings. The topological polar surface area (TPSA) is 33.1 Å². The molecule has 3 heteroatoms. The van der Waals surface area contributed by atoms with Gasteiger partial charge in [-0.2, -0.15) is 0 Å². The van der Waals surface area contributed by atoms with Gasteiger partial charge in [0.2, 0.25) is 0 Å². The summed E-state index contributed by atoms with van der Waals surface area (Å²) >= 11 is 0. The van der Waals surface area contributed by atoms with Crippen LogP contribution in [0, 0.1) is 11.2 Å². The molecule has 0 bridgehead atoms. The normalized spacial score (nSPS) is 12.2. The van der Waals surface area contributed by atoms with Crippen LogP contribution < -0.4 is 0 Å². The van der Waals surface area contributed by atoms with Crippen molar-refractivity contribution in [1.82, 2.24) is 0 Å². The molecular weight excluding hydrogens is 193 g/mol. The van der Waals surface area contributed by atoms with Crippen LogP contribution in [-0.4, -0.2) is 12.5 Å². The molecule has 0 amide bonds. The molecule has 1 unspecified atom stereocenters. The monoisotopic (exact) mass is 209 g/mol. The fraction of sp³-hybridized carbons (Fsp3) is 0.417. The second-order valence-corrected chi connectivity index (χ2v) is 3.48. The second-order valence-electron chi connectivity index (χ2n) is 3.48. The van der Waals surface area contributed by atoms with Crippen LogP contribution in [0.1, 0.15) is 31.7 Å². The van der Waals surface area contributed by atoms with E-state index in [2.05, 4.69) is 0 Å². The van der Waals surface area contributed by atoms with Crippen molar-refractivity contribution in [2.75, 3.05) is 6.61 Å². The molecule has 0 aliphatic rings. The Labute approximate surface area is 89.6 Å². The fourth-order valence-electron chi connectivity index (χ4n) is 1.50. The quantitative estimate of drug-likeness (QED) is 0.598. The van der Waals surface area contributed by atoms with Gasteiger partial charge in [0.25, 0.3) is 0 Å². The smallest absolute Gasteiger partial charge is 0.180 e. The summed E-state index contributed by atoms with van der Waals surface area (Å²) in [7, 11) is 0. The van der Waals surface area contributed by atoms with E-state index in [1.807, 2.05) is 13.8 Å². The molecule has 0 radical (unpaired) electrons. The average Bonchev–Trinajstić information content (AvgIpc) is 2.18. The Kier molecular flexibility index (Phi) is 4.28. The summed E-state index contributed by atoms with van der Waals surface area (Å²) in [6, 6.07) is 6.66. The van der Waals surface area contributed by atoms with Crippen LogP contribution in [0.4, 0.5) is 4.39 Å². The predicted octanol–water partition coefficient (Wildman–Crippen LogP) is 3.33. The van der Waals surface area contributed by atoms with Gasteiger partial charge in [-0.1, -0.05) is 25.1 Å². The molecule has 0 saturated heterocycles. The van der Waals surface area contributed by atoms with Crippen LogP contribution in [0.3, 0.4) is 0 Å². The molecule has 15 heavy (non-hydrogen) atoms. The Morgan fingerprint density at radius 1 is 1.47 bits per heavy atom. The summed E-state index contributed by atoms with van der Waals surface area (Å²) < 4.78 is 18.4. The molecule has 0 saturated carbocycles. The van der Waals surface area contributed by atoms with Crippen molar-refractivity contribution in [3.63, 3.8) is 0 Å². The largest absolute Gasteiger partial charge is 0.481 e. The lowest BCUT2D eigenvalue weighted by Crippen LogP contribution is -2.08. The standard InChI is InChI=1S/C12H16FNO/c1-3-15-12(14)8-9(2)10-6-4-5-7-11(10)13/h4-7,9,14H,3,8H2,1-2H3. The van der Waals surface area contributed by atoms with E-state index in [9.17, 15) is 4.39 Å². The highest BCUT2D eigenvalue weighted by Gasteiger charge is 2.12. The van der Waals surface area contributed by atoms with E-state index in [1.165, 1.54) is 6.07 Å². The van der Waals surface area contributed by atoms with Crippen molar-refractivity contribution in [1.29, 1.82) is 5.41 Å². The average molecular weight is 209 g/mol. The number of hydrogen-bond donors (Lipinski definition) is 1. The first-order chi connectivity index (χ1) is 7.15. The van der Waals surface area contributed by atoms with E-state index >= 15 is 0 Å². The first-order valence-corrected chi connectivity index (χ1v) is 5.09. The third kappa shape index (κ3) is 3.35. The highest BCUT2D eigenvalue weighted by Crippen LogP contribution is 2.22. The Bertz CT molecular complexity index is 338. The van der Waals surface area contributed by atoms with Crippen LogP contribution >= 0.6 is 0 Å². The lowest BCUT2D eigenvalue weighted by molar-refractivity contribution is 0.311. The van der Waals surface area contributed by atoms with Crippen LogP contribution in [0.2, 0.25) is 0 Å². The van der Waals surface area contributed by atoms with Gasteiger partial charge in [-0.3, -0.25) is 5.41 Å². The molecule has 0 aliphatic carbocycles. The van der Waals surface area contributed by atoms with Gasteiger partial charge in [0.05, 0.1) is 6.61 Å². The SMILES string of the molecule is CCOC(=N)CC(C)c1ccccc1F. The fourth-order valence-corrected chi connectivity index (χ4v) is 1.50. The summed E-state index contributed by atoms with van der Waals surface area (Å²) in [5.74, 6) is -0.0206. The highest BCUT2D eigenvalue weighted by molar-refractivity contribution is 5.73.